The summed E-state index contributed by atoms with van der Waals surface area (Å²) in [5.74, 6) is 1.37. The quantitative estimate of drug-likeness (QED) is 0.796. The van der Waals surface area contributed by atoms with E-state index >= 15 is 0 Å². The number of rotatable bonds is 8. The maximum absolute atomic E-state index is 12.6. The standard InChI is InChI=1S/C19H28N4O2/c1-6-23(7-2)12-17(13(3)4)21-19(24)16-10-8-15(9-11-16)18-20-14(5)25-22-18/h8-11,13,17H,6-7,12H2,1-5H3,(H,21,24)/t17-/m0/s1. The van der Waals surface area contributed by atoms with Crippen molar-refractivity contribution >= 4 is 5.91 Å². The first-order valence-corrected chi connectivity index (χ1v) is 8.88. The first kappa shape index (κ1) is 19.1. The third-order valence-electron chi connectivity index (χ3n) is 4.40. The minimum absolute atomic E-state index is 0.0540. The highest BCUT2D eigenvalue weighted by Crippen LogP contribution is 2.16. The molecule has 0 fully saturated rings. The van der Waals surface area contributed by atoms with Crippen LogP contribution < -0.4 is 5.32 Å². The predicted octanol–water partition coefficient (Wildman–Crippen LogP) is 3.14. The molecular formula is C19H28N4O2. The molecule has 0 saturated heterocycles. The Labute approximate surface area is 149 Å². The van der Waals surface area contributed by atoms with E-state index in [9.17, 15) is 4.79 Å². The van der Waals surface area contributed by atoms with E-state index in [0.29, 0.717) is 23.2 Å². The number of benzene rings is 1. The zero-order valence-electron chi connectivity index (χ0n) is 15.7. The molecule has 0 saturated carbocycles. The molecule has 6 heteroatoms. The molecule has 0 unspecified atom stereocenters. The molecule has 1 atom stereocenters. The van der Waals surface area contributed by atoms with Gasteiger partial charge in [-0.25, -0.2) is 0 Å². The normalized spacial score (nSPS) is 12.6. The summed E-state index contributed by atoms with van der Waals surface area (Å²) < 4.78 is 4.99. The smallest absolute Gasteiger partial charge is 0.251 e. The summed E-state index contributed by atoms with van der Waals surface area (Å²) in [6.07, 6.45) is 0. The predicted molar refractivity (Wildman–Crippen MR) is 98.4 cm³/mol. The fourth-order valence-corrected chi connectivity index (χ4v) is 2.62. The van der Waals surface area contributed by atoms with E-state index in [4.69, 9.17) is 4.52 Å². The van der Waals surface area contributed by atoms with Crippen molar-refractivity contribution in [3.05, 3.63) is 35.7 Å². The van der Waals surface area contributed by atoms with Crippen LogP contribution in [0, 0.1) is 12.8 Å². The summed E-state index contributed by atoms with van der Waals surface area (Å²) in [6, 6.07) is 7.39. The average molecular weight is 344 g/mol. The number of carbonyl (C=O) groups excluding carboxylic acids is 1. The lowest BCUT2D eigenvalue weighted by Crippen LogP contribution is -2.46. The molecule has 0 spiro atoms. The lowest BCUT2D eigenvalue weighted by molar-refractivity contribution is 0.0910. The van der Waals surface area contributed by atoms with Crippen LogP contribution in [0.15, 0.2) is 28.8 Å². The van der Waals surface area contributed by atoms with Gasteiger partial charge in [-0.05, 0) is 31.1 Å². The number of carbonyl (C=O) groups is 1. The SMILES string of the molecule is CCN(CC)C[C@H](NC(=O)c1ccc(-c2noc(C)n2)cc1)C(C)C. The lowest BCUT2D eigenvalue weighted by atomic mass is 10.0. The Morgan fingerprint density at radius 2 is 1.84 bits per heavy atom. The van der Waals surface area contributed by atoms with E-state index in [1.54, 1.807) is 19.1 Å². The molecule has 0 aliphatic carbocycles. The van der Waals surface area contributed by atoms with Gasteiger partial charge in [0.15, 0.2) is 0 Å². The number of aryl methyl sites for hydroxylation is 1. The Hall–Kier alpha value is -2.21. The van der Waals surface area contributed by atoms with Crippen molar-refractivity contribution in [3.8, 4) is 11.4 Å². The Morgan fingerprint density at radius 3 is 2.32 bits per heavy atom. The average Bonchev–Trinajstić information content (AvgIpc) is 3.04. The van der Waals surface area contributed by atoms with Crippen LogP contribution in [0.4, 0.5) is 0 Å². The van der Waals surface area contributed by atoms with Crippen molar-refractivity contribution in [1.29, 1.82) is 0 Å². The van der Waals surface area contributed by atoms with Gasteiger partial charge < -0.3 is 14.7 Å². The Kier molecular flexibility index (Phi) is 6.70. The van der Waals surface area contributed by atoms with E-state index in [0.717, 1.165) is 25.2 Å². The van der Waals surface area contributed by atoms with Crippen LogP contribution in [-0.2, 0) is 0 Å². The van der Waals surface area contributed by atoms with Crippen molar-refractivity contribution in [2.45, 2.75) is 40.7 Å². The molecule has 0 aliphatic rings. The van der Waals surface area contributed by atoms with Gasteiger partial charge >= 0.3 is 0 Å². The Morgan fingerprint density at radius 1 is 1.20 bits per heavy atom. The van der Waals surface area contributed by atoms with Gasteiger partial charge in [0.1, 0.15) is 0 Å². The third kappa shape index (κ3) is 5.13. The molecule has 25 heavy (non-hydrogen) atoms. The molecule has 0 aliphatic heterocycles. The second-order valence-corrected chi connectivity index (χ2v) is 6.52. The fourth-order valence-electron chi connectivity index (χ4n) is 2.62. The van der Waals surface area contributed by atoms with E-state index in [-0.39, 0.29) is 11.9 Å². The molecular weight excluding hydrogens is 316 g/mol. The van der Waals surface area contributed by atoms with Crippen LogP contribution in [0.2, 0.25) is 0 Å². The minimum Gasteiger partial charge on any atom is -0.348 e. The van der Waals surface area contributed by atoms with Crippen molar-refractivity contribution in [1.82, 2.24) is 20.4 Å². The summed E-state index contributed by atoms with van der Waals surface area (Å²) >= 11 is 0. The Bertz CT molecular complexity index is 675. The van der Waals surface area contributed by atoms with Gasteiger partial charge in [-0.15, -0.1) is 0 Å². The number of nitrogens with one attached hydrogen (secondary N) is 1. The zero-order chi connectivity index (χ0) is 18.4. The van der Waals surface area contributed by atoms with Crippen molar-refractivity contribution in [2.75, 3.05) is 19.6 Å². The zero-order valence-corrected chi connectivity index (χ0v) is 15.7. The number of aromatic nitrogens is 2. The van der Waals surface area contributed by atoms with Crippen LogP contribution in [0.5, 0.6) is 0 Å². The molecule has 0 radical (unpaired) electrons. The van der Waals surface area contributed by atoms with Crippen molar-refractivity contribution in [2.24, 2.45) is 5.92 Å². The largest absolute Gasteiger partial charge is 0.348 e. The molecule has 1 heterocycles. The van der Waals surface area contributed by atoms with Crippen LogP contribution >= 0.6 is 0 Å². The van der Waals surface area contributed by atoms with Gasteiger partial charge in [-0.2, -0.15) is 4.98 Å². The van der Waals surface area contributed by atoms with Gasteiger partial charge in [0.05, 0.1) is 0 Å². The van der Waals surface area contributed by atoms with Crippen molar-refractivity contribution in [3.63, 3.8) is 0 Å². The number of likely N-dealkylation sites (N-methyl/N-ethyl adjacent to an activating group) is 1. The second-order valence-electron chi connectivity index (χ2n) is 6.52. The number of hydrogen-bond donors (Lipinski definition) is 1. The number of hydrogen-bond acceptors (Lipinski definition) is 5. The molecule has 2 aromatic rings. The highest BCUT2D eigenvalue weighted by molar-refractivity contribution is 5.94. The third-order valence-corrected chi connectivity index (χ3v) is 4.40. The minimum atomic E-state index is -0.0540. The topological polar surface area (TPSA) is 71.3 Å². The van der Waals surface area contributed by atoms with Crippen LogP contribution in [-0.4, -0.2) is 46.6 Å². The van der Waals surface area contributed by atoms with Crippen LogP contribution in [0.1, 0.15) is 43.9 Å². The fraction of sp³-hybridized carbons (Fsp3) is 0.526. The first-order chi connectivity index (χ1) is 11.9. The molecule has 1 aromatic heterocycles. The van der Waals surface area contributed by atoms with E-state index < -0.39 is 0 Å². The molecule has 6 nitrogen and oxygen atoms in total. The molecule has 2 rings (SSSR count). The number of amides is 1. The first-order valence-electron chi connectivity index (χ1n) is 8.88. The number of nitrogens with zero attached hydrogens (tertiary/aromatic N) is 3. The van der Waals surface area contributed by atoms with Gasteiger partial charge in [0.2, 0.25) is 11.7 Å². The highest BCUT2D eigenvalue weighted by atomic mass is 16.5. The van der Waals surface area contributed by atoms with Gasteiger partial charge in [-0.3, -0.25) is 4.79 Å². The Balaban J connectivity index is 2.05. The van der Waals surface area contributed by atoms with Gasteiger partial charge in [-0.1, -0.05) is 45.0 Å². The maximum Gasteiger partial charge on any atom is 0.251 e. The van der Waals surface area contributed by atoms with Crippen molar-refractivity contribution < 1.29 is 9.32 Å². The lowest BCUT2D eigenvalue weighted by Gasteiger charge is -2.28. The monoisotopic (exact) mass is 344 g/mol. The van der Waals surface area contributed by atoms with E-state index in [1.165, 1.54) is 0 Å². The highest BCUT2D eigenvalue weighted by Gasteiger charge is 2.19. The van der Waals surface area contributed by atoms with Crippen LogP contribution in [0.25, 0.3) is 11.4 Å². The van der Waals surface area contributed by atoms with Gasteiger partial charge in [0, 0.05) is 30.6 Å². The molecule has 1 aromatic carbocycles. The van der Waals surface area contributed by atoms with Crippen LogP contribution in [0.3, 0.4) is 0 Å². The summed E-state index contributed by atoms with van der Waals surface area (Å²) in [4.78, 5) is 19.1. The molecule has 0 bridgehead atoms. The molecule has 136 valence electrons. The summed E-state index contributed by atoms with van der Waals surface area (Å²) in [7, 11) is 0. The van der Waals surface area contributed by atoms with E-state index in [1.807, 2.05) is 12.1 Å². The summed E-state index contributed by atoms with van der Waals surface area (Å²) in [6.45, 7) is 13.1. The van der Waals surface area contributed by atoms with Gasteiger partial charge in [0.25, 0.3) is 5.91 Å². The molecule has 1 amide bonds. The summed E-state index contributed by atoms with van der Waals surface area (Å²) in [5.41, 5.74) is 1.46. The molecule has 1 N–H and O–H groups in total. The maximum atomic E-state index is 12.6. The summed E-state index contributed by atoms with van der Waals surface area (Å²) in [5, 5.41) is 7.06. The second kappa shape index (κ2) is 8.76. The van der Waals surface area contributed by atoms with E-state index in [2.05, 4.69) is 48.1 Å².